The summed E-state index contributed by atoms with van der Waals surface area (Å²) >= 11 is 20.1. The standard InChI is InChI=1S/C18H15Br2Cl2NO4/c1-3-9-4-5-17(21)15(25)23(8-19)16(26)18(17,22)13(9)11-6-10(20)7-12(27-2)14(11)24/h3-4,6-7,13,24H,1,5,8H2,2H3. The third kappa shape index (κ3) is 2.69. The summed E-state index contributed by atoms with van der Waals surface area (Å²) in [6.07, 6.45) is 3.34. The number of hydrogen-bond acceptors (Lipinski definition) is 4. The van der Waals surface area contributed by atoms with Crippen LogP contribution < -0.4 is 4.74 Å². The molecule has 1 N–H and O–H groups in total. The highest BCUT2D eigenvalue weighted by Crippen LogP contribution is 2.60. The van der Waals surface area contributed by atoms with Crippen molar-refractivity contribution in [3.05, 3.63) is 46.5 Å². The molecule has 0 aromatic heterocycles. The van der Waals surface area contributed by atoms with E-state index in [0.29, 0.717) is 15.6 Å². The number of amides is 2. The number of rotatable bonds is 4. The van der Waals surface area contributed by atoms with Gasteiger partial charge in [0.15, 0.2) is 21.2 Å². The van der Waals surface area contributed by atoms with E-state index < -0.39 is 27.5 Å². The Morgan fingerprint density at radius 3 is 2.63 bits per heavy atom. The number of fused-ring (bicyclic) bond motifs is 1. The second kappa shape index (κ2) is 7.10. The average molecular weight is 540 g/mol. The molecule has 9 heteroatoms. The Hall–Kier alpha value is -1.02. The molecule has 1 fully saturated rings. The number of methoxy groups -OCH3 is 1. The second-order valence-electron chi connectivity index (χ2n) is 6.26. The van der Waals surface area contributed by atoms with Crippen molar-refractivity contribution in [3.8, 4) is 11.5 Å². The number of phenols is 1. The van der Waals surface area contributed by atoms with Crippen molar-refractivity contribution in [2.75, 3.05) is 12.6 Å². The number of nitrogens with zero attached hydrogens (tertiary/aromatic N) is 1. The fourth-order valence-corrected chi connectivity index (χ4v) is 5.48. The van der Waals surface area contributed by atoms with Crippen LogP contribution in [0.25, 0.3) is 0 Å². The van der Waals surface area contributed by atoms with Crippen LogP contribution in [0.2, 0.25) is 0 Å². The summed E-state index contributed by atoms with van der Waals surface area (Å²) in [5.74, 6) is -2.10. The lowest BCUT2D eigenvalue weighted by atomic mass is 9.68. The number of allylic oxidation sites excluding steroid dienone is 3. The number of carbonyl (C=O) groups is 2. The Kier molecular flexibility index (Phi) is 5.45. The molecular formula is C18H15Br2Cl2NO4. The summed E-state index contributed by atoms with van der Waals surface area (Å²) in [6, 6.07) is 3.21. The topological polar surface area (TPSA) is 66.8 Å². The van der Waals surface area contributed by atoms with Gasteiger partial charge in [0.1, 0.15) is 0 Å². The molecule has 3 rings (SSSR count). The van der Waals surface area contributed by atoms with Gasteiger partial charge in [0, 0.05) is 16.0 Å². The number of hydrogen-bond donors (Lipinski definition) is 1. The van der Waals surface area contributed by atoms with E-state index >= 15 is 0 Å². The molecule has 1 aliphatic carbocycles. The van der Waals surface area contributed by atoms with Crippen LogP contribution in [-0.4, -0.2) is 44.1 Å². The Morgan fingerprint density at radius 1 is 1.41 bits per heavy atom. The molecule has 1 heterocycles. The molecule has 0 saturated carbocycles. The van der Waals surface area contributed by atoms with Gasteiger partial charge in [-0.2, -0.15) is 0 Å². The van der Waals surface area contributed by atoms with E-state index in [9.17, 15) is 14.7 Å². The molecule has 27 heavy (non-hydrogen) atoms. The maximum atomic E-state index is 13.2. The third-order valence-corrected chi connectivity index (χ3v) is 7.40. The number of likely N-dealkylation sites (tertiary alicyclic amines) is 1. The van der Waals surface area contributed by atoms with E-state index in [0.717, 1.165) is 4.90 Å². The number of alkyl halides is 3. The minimum atomic E-state index is -1.83. The molecular weight excluding hydrogens is 525 g/mol. The predicted molar refractivity (Wildman–Crippen MR) is 111 cm³/mol. The van der Waals surface area contributed by atoms with Gasteiger partial charge in [-0.1, -0.05) is 50.6 Å². The first-order chi connectivity index (χ1) is 12.7. The minimum Gasteiger partial charge on any atom is -0.504 e. The summed E-state index contributed by atoms with van der Waals surface area (Å²) in [6.45, 7) is 3.79. The highest BCUT2D eigenvalue weighted by atomic mass is 79.9. The molecule has 0 spiro atoms. The van der Waals surface area contributed by atoms with Gasteiger partial charge >= 0.3 is 0 Å². The van der Waals surface area contributed by atoms with Crippen LogP contribution in [0.3, 0.4) is 0 Å². The smallest absolute Gasteiger partial charge is 0.254 e. The van der Waals surface area contributed by atoms with Crippen molar-refractivity contribution in [1.82, 2.24) is 4.90 Å². The number of benzene rings is 1. The number of halogens is 4. The predicted octanol–water partition coefficient (Wildman–Crippen LogP) is 4.44. The van der Waals surface area contributed by atoms with Crippen molar-refractivity contribution in [2.45, 2.75) is 22.1 Å². The Balaban J connectivity index is 2.34. The molecule has 1 aliphatic heterocycles. The van der Waals surface area contributed by atoms with E-state index in [4.69, 9.17) is 27.9 Å². The average Bonchev–Trinajstić information content (AvgIpc) is 2.79. The minimum absolute atomic E-state index is 0.0302. The van der Waals surface area contributed by atoms with Gasteiger partial charge in [-0.05, 0) is 24.1 Å². The van der Waals surface area contributed by atoms with Crippen molar-refractivity contribution in [1.29, 1.82) is 0 Å². The van der Waals surface area contributed by atoms with E-state index in [2.05, 4.69) is 38.4 Å². The molecule has 144 valence electrons. The maximum Gasteiger partial charge on any atom is 0.254 e. The summed E-state index contributed by atoms with van der Waals surface area (Å²) in [7, 11) is 1.41. The lowest BCUT2D eigenvalue weighted by molar-refractivity contribution is -0.138. The summed E-state index contributed by atoms with van der Waals surface area (Å²) in [5.41, 5.74) is 0.872. The van der Waals surface area contributed by atoms with Crippen LogP contribution in [-0.2, 0) is 9.59 Å². The summed E-state index contributed by atoms with van der Waals surface area (Å²) in [4.78, 5) is 23.5. The zero-order valence-corrected chi connectivity index (χ0v) is 18.8. The Morgan fingerprint density at radius 2 is 2.07 bits per heavy atom. The quantitative estimate of drug-likeness (QED) is 0.349. The number of ether oxygens (including phenoxy) is 1. The summed E-state index contributed by atoms with van der Waals surface area (Å²) < 4.78 is 5.82. The first-order valence-corrected chi connectivity index (χ1v) is 10.5. The van der Waals surface area contributed by atoms with Crippen LogP contribution in [0.1, 0.15) is 17.9 Å². The molecule has 1 saturated heterocycles. The first kappa shape index (κ1) is 20.7. The molecule has 3 atom stereocenters. The van der Waals surface area contributed by atoms with E-state index in [1.165, 1.54) is 7.11 Å². The zero-order chi connectivity index (χ0) is 20.1. The molecule has 1 aromatic rings. The zero-order valence-electron chi connectivity index (χ0n) is 14.1. The SMILES string of the molecule is C=CC1=CCC2(Cl)C(=O)N(CBr)C(=O)C2(Cl)C1c1cc(Br)cc(OC)c1O. The van der Waals surface area contributed by atoms with Gasteiger partial charge in [-0.15, -0.1) is 23.2 Å². The number of carbonyl (C=O) groups excluding carboxylic acids is 2. The molecule has 1 aromatic carbocycles. The van der Waals surface area contributed by atoms with Crippen LogP contribution >= 0.6 is 55.1 Å². The van der Waals surface area contributed by atoms with Crippen LogP contribution in [0, 0.1) is 0 Å². The number of aromatic hydroxyl groups is 1. The monoisotopic (exact) mass is 537 g/mol. The largest absolute Gasteiger partial charge is 0.504 e. The molecule has 5 nitrogen and oxygen atoms in total. The molecule has 2 aliphatic rings. The van der Waals surface area contributed by atoms with Crippen LogP contribution in [0.15, 0.2) is 40.9 Å². The molecule has 3 unspecified atom stereocenters. The highest BCUT2D eigenvalue weighted by molar-refractivity contribution is 9.10. The summed E-state index contributed by atoms with van der Waals surface area (Å²) in [5, 5.41) is 10.7. The Labute approximate surface area is 183 Å². The van der Waals surface area contributed by atoms with E-state index in [1.54, 1.807) is 24.3 Å². The van der Waals surface area contributed by atoms with Crippen molar-refractivity contribution >= 4 is 66.9 Å². The fourth-order valence-electron chi connectivity index (χ4n) is 3.70. The molecule has 0 bridgehead atoms. The lowest BCUT2D eigenvalue weighted by Crippen LogP contribution is -2.54. The molecule has 0 radical (unpaired) electrons. The number of imide groups is 1. The third-order valence-electron chi connectivity index (χ3n) is 5.02. The van der Waals surface area contributed by atoms with Gasteiger partial charge in [0.05, 0.1) is 12.6 Å². The van der Waals surface area contributed by atoms with Gasteiger partial charge in [0.25, 0.3) is 11.8 Å². The maximum absolute atomic E-state index is 13.2. The van der Waals surface area contributed by atoms with Crippen molar-refractivity contribution in [2.24, 2.45) is 0 Å². The normalized spacial score (nSPS) is 30.2. The van der Waals surface area contributed by atoms with Crippen molar-refractivity contribution in [3.63, 3.8) is 0 Å². The van der Waals surface area contributed by atoms with E-state index in [-0.39, 0.29) is 23.4 Å². The van der Waals surface area contributed by atoms with Gasteiger partial charge in [-0.3, -0.25) is 14.5 Å². The Bertz CT molecular complexity index is 890. The first-order valence-electron chi connectivity index (χ1n) is 7.86. The van der Waals surface area contributed by atoms with Crippen LogP contribution in [0.4, 0.5) is 0 Å². The van der Waals surface area contributed by atoms with Gasteiger partial charge in [-0.25, -0.2) is 0 Å². The fraction of sp³-hybridized carbons (Fsp3) is 0.333. The lowest BCUT2D eigenvalue weighted by Gasteiger charge is -2.42. The van der Waals surface area contributed by atoms with Crippen molar-refractivity contribution < 1.29 is 19.4 Å². The van der Waals surface area contributed by atoms with E-state index in [1.807, 2.05) is 0 Å². The van der Waals surface area contributed by atoms with Gasteiger partial charge < -0.3 is 9.84 Å². The number of phenolic OH excluding ortho intramolecular Hbond substituents is 1. The second-order valence-corrected chi connectivity index (χ2v) is 8.92. The van der Waals surface area contributed by atoms with Gasteiger partial charge in [0.2, 0.25) is 0 Å². The van der Waals surface area contributed by atoms with Crippen LogP contribution in [0.5, 0.6) is 11.5 Å². The highest BCUT2D eigenvalue weighted by Gasteiger charge is 2.72. The molecule has 2 amide bonds.